The number of dihydropyridines is 1. The molecule has 1 saturated heterocycles. The molecule has 2 aliphatic heterocycles. The smallest absolute Gasteiger partial charge is 0.293 e. The number of rotatable bonds is 12. The number of hydrogen-bond acceptors (Lipinski definition) is 10. The predicted octanol–water partition coefficient (Wildman–Crippen LogP) is 5.37. The van der Waals surface area contributed by atoms with Gasteiger partial charge >= 0.3 is 0 Å². The molecule has 258 valence electrons. The van der Waals surface area contributed by atoms with E-state index in [1.807, 2.05) is 12.3 Å². The number of carbonyl (C=O) groups excluding carboxylic acids is 3. The molecule has 3 aliphatic rings. The number of aromatic nitrogens is 1. The highest BCUT2D eigenvalue weighted by molar-refractivity contribution is 7.19. The molecule has 0 bridgehead atoms. The Bertz CT molecular complexity index is 1570. The maximum atomic E-state index is 14.5. The van der Waals surface area contributed by atoms with Gasteiger partial charge in [0, 0.05) is 80.9 Å². The minimum absolute atomic E-state index is 0.00950. The van der Waals surface area contributed by atoms with Crippen LogP contribution in [0.2, 0.25) is 0 Å². The van der Waals surface area contributed by atoms with Crippen LogP contribution in [0.3, 0.4) is 0 Å². The van der Waals surface area contributed by atoms with Crippen LogP contribution in [-0.4, -0.2) is 86.0 Å². The van der Waals surface area contributed by atoms with E-state index in [0.29, 0.717) is 37.0 Å². The molecule has 1 atom stereocenters. The number of fused-ring (bicyclic) bond motifs is 1. The number of amides is 2. The normalized spacial score (nSPS) is 17.0. The van der Waals surface area contributed by atoms with E-state index in [2.05, 4.69) is 56.6 Å². The molecule has 2 aromatic heterocycles. The molecule has 48 heavy (non-hydrogen) atoms. The maximum Gasteiger partial charge on any atom is 0.293 e. The lowest BCUT2D eigenvalue weighted by molar-refractivity contribution is -0.144. The Labute approximate surface area is 285 Å². The van der Waals surface area contributed by atoms with Crippen molar-refractivity contribution in [2.45, 2.75) is 51.6 Å². The number of pyridine rings is 1. The van der Waals surface area contributed by atoms with Crippen molar-refractivity contribution in [3.63, 3.8) is 0 Å². The lowest BCUT2D eigenvalue weighted by Crippen LogP contribution is -2.50. The number of piperazine rings is 1. The minimum Gasteiger partial charge on any atom is -0.458 e. The molecule has 2 amide bonds. The SMILES string of the molecule is CCCC.CNc1ccc(Oc2ccnc3cc(C4C=CC(CN5CCN(C(=O)COC=O)CC5)=CN4)sc23)c(F)c1.O=CNC1CC1. The van der Waals surface area contributed by atoms with E-state index in [0.717, 1.165) is 46.7 Å². The van der Waals surface area contributed by atoms with Crippen molar-refractivity contribution < 1.29 is 28.2 Å². The average molecular weight is 681 g/mol. The zero-order valence-corrected chi connectivity index (χ0v) is 28.6. The molecule has 13 heteroatoms. The van der Waals surface area contributed by atoms with Crippen LogP contribution in [0.25, 0.3) is 10.2 Å². The summed E-state index contributed by atoms with van der Waals surface area (Å²) >= 11 is 1.56. The van der Waals surface area contributed by atoms with Crippen LogP contribution in [0.1, 0.15) is 50.4 Å². The standard InChI is InChI=1S/C27H28FN5O4S.C4H7NO.C4H10/c1-29-19-3-5-23(20(28)12-19)37-24-6-7-30-22-13-25(38-27(22)24)21-4-2-18(14-31-21)15-32-8-10-33(11-9-32)26(35)16-36-17-34;6-3-5-4-1-2-4;1-3-4-2/h2-7,12-14,17,21,29,31H,8-11,15-16H2,1H3;3-4H,1-2H2,(H,5,6);3-4H2,1-2H3. The average Bonchev–Trinajstić information content (AvgIpc) is 3.83. The lowest BCUT2D eigenvalue weighted by atomic mass is 10.1. The van der Waals surface area contributed by atoms with Crippen molar-refractivity contribution >= 4 is 46.0 Å². The summed E-state index contributed by atoms with van der Waals surface area (Å²) in [4.78, 5) is 41.4. The van der Waals surface area contributed by atoms with Gasteiger partial charge in [-0.25, -0.2) is 4.39 Å². The largest absolute Gasteiger partial charge is 0.458 e. The Hall–Kier alpha value is -4.49. The van der Waals surface area contributed by atoms with Crippen LogP contribution >= 0.6 is 11.3 Å². The van der Waals surface area contributed by atoms with Crippen LogP contribution in [-0.2, 0) is 19.1 Å². The molecule has 0 radical (unpaired) electrons. The molecular formula is C35H45FN6O5S. The molecule has 0 spiro atoms. The molecule has 4 heterocycles. The zero-order chi connectivity index (χ0) is 34.3. The first-order chi connectivity index (χ1) is 23.4. The predicted molar refractivity (Wildman–Crippen MR) is 187 cm³/mol. The van der Waals surface area contributed by atoms with E-state index in [9.17, 15) is 18.8 Å². The number of benzene rings is 1. The third kappa shape index (κ3) is 10.8. The van der Waals surface area contributed by atoms with E-state index < -0.39 is 5.82 Å². The number of anilines is 1. The number of unbranched alkanes of at least 4 members (excludes halogenated alkanes) is 1. The van der Waals surface area contributed by atoms with Gasteiger partial charge in [-0.15, -0.1) is 11.3 Å². The molecule has 3 N–H and O–H groups in total. The Kier molecular flexibility index (Phi) is 14.2. The maximum absolute atomic E-state index is 14.5. The fourth-order valence-electron chi connectivity index (χ4n) is 4.78. The van der Waals surface area contributed by atoms with Crippen molar-refractivity contribution in [1.82, 2.24) is 25.4 Å². The van der Waals surface area contributed by atoms with Gasteiger partial charge in [0.2, 0.25) is 6.41 Å². The van der Waals surface area contributed by atoms with Gasteiger partial charge < -0.3 is 30.3 Å². The molecule has 1 aliphatic carbocycles. The number of carbonyl (C=O) groups is 3. The molecule has 1 unspecified atom stereocenters. The first-order valence-electron chi connectivity index (χ1n) is 16.3. The highest BCUT2D eigenvalue weighted by atomic mass is 32.1. The number of thiophene rings is 1. The van der Waals surface area contributed by atoms with Crippen LogP contribution in [0, 0.1) is 5.82 Å². The van der Waals surface area contributed by atoms with Gasteiger partial charge in [0.15, 0.2) is 18.2 Å². The number of ether oxygens (including phenoxy) is 2. The van der Waals surface area contributed by atoms with Crippen molar-refractivity contribution in [3.8, 4) is 11.5 Å². The van der Waals surface area contributed by atoms with Gasteiger partial charge in [0.25, 0.3) is 12.4 Å². The molecule has 3 aromatic rings. The first kappa shape index (κ1) is 36.3. The third-order valence-corrected chi connectivity index (χ3v) is 9.10. The van der Waals surface area contributed by atoms with Gasteiger partial charge in [0.05, 0.1) is 16.3 Å². The Balaban J connectivity index is 0.000000450. The second-order valence-corrected chi connectivity index (χ2v) is 12.6. The lowest BCUT2D eigenvalue weighted by Gasteiger charge is -2.35. The van der Waals surface area contributed by atoms with E-state index in [1.54, 1.807) is 47.7 Å². The number of halogens is 1. The number of nitrogens with zero attached hydrogens (tertiary/aromatic N) is 3. The third-order valence-electron chi connectivity index (χ3n) is 7.88. The zero-order valence-electron chi connectivity index (χ0n) is 27.7. The monoisotopic (exact) mass is 680 g/mol. The summed E-state index contributed by atoms with van der Waals surface area (Å²) in [6.45, 7) is 7.95. The van der Waals surface area contributed by atoms with Crippen molar-refractivity contribution in [2.75, 3.05) is 51.7 Å². The van der Waals surface area contributed by atoms with Crippen LogP contribution in [0.5, 0.6) is 11.5 Å². The minimum atomic E-state index is -0.437. The van der Waals surface area contributed by atoms with Gasteiger partial charge in [-0.2, -0.15) is 0 Å². The number of hydrogen-bond donors (Lipinski definition) is 3. The summed E-state index contributed by atoms with van der Waals surface area (Å²) < 4.78 is 25.8. The molecule has 1 aromatic carbocycles. The van der Waals surface area contributed by atoms with Crippen LogP contribution in [0.15, 0.2) is 60.5 Å². The highest BCUT2D eigenvalue weighted by Gasteiger charge is 2.23. The molecule has 2 fully saturated rings. The Morgan fingerprint density at radius 3 is 2.46 bits per heavy atom. The highest BCUT2D eigenvalue weighted by Crippen LogP contribution is 2.38. The summed E-state index contributed by atoms with van der Waals surface area (Å²) in [6, 6.07) is 9.07. The summed E-state index contributed by atoms with van der Waals surface area (Å²) in [7, 11) is 1.74. The van der Waals surface area contributed by atoms with E-state index in [-0.39, 0.29) is 24.3 Å². The topological polar surface area (TPSA) is 125 Å². The summed E-state index contributed by atoms with van der Waals surface area (Å²) in [6.07, 6.45) is 13.7. The summed E-state index contributed by atoms with van der Waals surface area (Å²) in [5.74, 6) is 0.122. The van der Waals surface area contributed by atoms with Gasteiger partial charge in [0.1, 0.15) is 5.75 Å². The Morgan fingerprint density at radius 1 is 1.10 bits per heavy atom. The fraction of sp³-hybridized carbons (Fsp3) is 0.429. The second-order valence-electron chi connectivity index (χ2n) is 11.5. The quantitative estimate of drug-likeness (QED) is 0.217. The molecule has 6 rings (SSSR count). The summed E-state index contributed by atoms with van der Waals surface area (Å²) in [5, 5.41) is 9.01. The fourth-order valence-corrected chi connectivity index (χ4v) is 5.88. The van der Waals surface area contributed by atoms with Crippen LogP contribution in [0.4, 0.5) is 10.1 Å². The Morgan fingerprint density at radius 2 is 1.88 bits per heavy atom. The van der Waals surface area contributed by atoms with Crippen molar-refractivity contribution in [1.29, 1.82) is 0 Å². The molecular weight excluding hydrogens is 635 g/mol. The molecule has 11 nitrogen and oxygen atoms in total. The number of nitrogens with one attached hydrogen (secondary N) is 3. The van der Waals surface area contributed by atoms with E-state index in [4.69, 9.17) is 4.74 Å². The van der Waals surface area contributed by atoms with Gasteiger partial charge in [-0.1, -0.05) is 38.8 Å². The van der Waals surface area contributed by atoms with Crippen LogP contribution < -0.4 is 20.7 Å². The molecule has 1 saturated carbocycles. The van der Waals surface area contributed by atoms with E-state index in [1.165, 1.54) is 31.7 Å². The van der Waals surface area contributed by atoms with Gasteiger partial charge in [-0.3, -0.25) is 24.3 Å². The second kappa shape index (κ2) is 18.7. The van der Waals surface area contributed by atoms with E-state index >= 15 is 0 Å². The first-order valence-corrected chi connectivity index (χ1v) is 17.1. The summed E-state index contributed by atoms with van der Waals surface area (Å²) in [5.41, 5.74) is 2.62. The van der Waals surface area contributed by atoms with Crippen molar-refractivity contribution in [3.05, 3.63) is 71.1 Å². The van der Waals surface area contributed by atoms with Crippen molar-refractivity contribution in [2.24, 2.45) is 0 Å². The van der Waals surface area contributed by atoms with Gasteiger partial charge in [-0.05, 0) is 36.6 Å².